The van der Waals surface area contributed by atoms with Crippen molar-refractivity contribution in [2.75, 3.05) is 39.8 Å². The monoisotopic (exact) mass is 550 g/mol. The van der Waals surface area contributed by atoms with Gasteiger partial charge in [0.1, 0.15) is 0 Å². The molecular weight excluding hydrogens is 517 g/mol. The number of benzene rings is 1. The number of hydrogen-bond donors (Lipinski definition) is 0. The first-order valence-electron chi connectivity index (χ1n) is 8.99. The molecule has 0 N–H and O–H groups in total. The van der Waals surface area contributed by atoms with Gasteiger partial charge in [-0.2, -0.15) is 0 Å². The molecule has 0 atom stereocenters. The Morgan fingerprint density at radius 1 is 0.800 bits per heavy atom. The van der Waals surface area contributed by atoms with E-state index >= 15 is 0 Å². The van der Waals surface area contributed by atoms with Crippen LogP contribution in [-0.2, 0) is 27.2 Å². The SMILES string of the molecule is CCCCOCCOCCOCc1cc2c(cc1CCC)OCO2.[BiH3]. The number of ether oxygens (including phenoxy) is 5. The molecule has 0 bridgehead atoms. The fraction of sp³-hybridized carbons (Fsp3) is 0.684. The summed E-state index contributed by atoms with van der Waals surface area (Å²) in [4.78, 5) is 0. The van der Waals surface area contributed by atoms with Crippen LogP contribution in [0.15, 0.2) is 12.1 Å². The summed E-state index contributed by atoms with van der Waals surface area (Å²) in [7, 11) is 0. The van der Waals surface area contributed by atoms with Gasteiger partial charge in [-0.15, -0.1) is 0 Å². The molecule has 2 rings (SSSR count). The minimum absolute atomic E-state index is 0. The zero-order chi connectivity index (χ0) is 17.0. The molecule has 0 radical (unpaired) electrons. The standard InChI is InChI=1S/C19H30O5.Bi.3H/c1-3-5-7-20-8-9-21-10-11-22-14-17-13-19-18(23-15-24-19)12-16(17)6-4-2;;;;/h12-13H,3-11,14-15H2,1-2H3;;;;. The minimum atomic E-state index is 0. The fourth-order valence-corrected chi connectivity index (χ4v) is 2.53. The van der Waals surface area contributed by atoms with E-state index in [1.54, 1.807) is 0 Å². The van der Waals surface area contributed by atoms with Crippen LogP contribution in [0.25, 0.3) is 0 Å². The third kappa shape index (κ3) is 8.21. The molecule has 0 aliphatic carbocycles. The number of aryl methyl sites for hydroxylation is 1. The van der Waals surface area contributed by atoms with Gasteiger partial charge in [-0.3, -0.25) is 0 Å². The average Bonchev–Trinajstić information content (AvgIpc) is 3.04. The second kappa shape index (κ2) is 13.7. The van der Waals surface area contributed by atoms with Crippen molar-refractivity contribution in [3.63, 3.8) is 0 Å². The van der Waals surface area contributed by atoms with Crippen molar-refractivity contribution in [3.05, 3.63) is 23.3 Å². The van der Waals surface area contributed by atoms with Crippen LogP contribution >= 0.6 is 0 Å². The summed E-state index contributed by atoms with van der Waals surface area (Å²) in [6.45, 7) is 8.47. The first-order chi connectivity index (χ1) is 11.8. The Bertz CT molecular complexity index is 481. The molecule has 1 aromatic carbocycles. The molecule has 1 aliphatic heterocycles. The third-order valence-corrected chi connectivity index (χ3v) is 3.86. The van der Waals surface area contributed by atoms with Crippen molar-refractivity contribution in [1.29, 1.82) is 0 Å². The molecule has 1 aliphatic rings. The number of rotatable bonds is 13. The fourth-order valence-electron chi connectivity index (χ4n) is 2.53. The Balaban J connectivity index is 0.00000312. The number of fused-ring (bicyclic) bond motifs is 1. The summed E-state index contributed by atoms with van der Waals surface area (Å²) >= 11 is 0. The van der Waals surface area contributed by atoms with Gasteiger partial charge in [0.15, 0.2) is 11.5 Å². The molecule has 0 fully saturated rings. The van der Waals surface area contributed by atoms with Crippen LogP contribution in [0.3, 0.4) is 0 Å². The molecule has 1 aromatic rings. The Morgan fingerprint density at radius 2 is 1.40 bits per heavy atom. The maximum absolute atomic E-state index is 5.75. The van der Waals surface area contributed by atoms with E-state index < -0.39 is 0 Å². The van der Waals surface area contributed by atoms with Gasteiger partial charge in [-0.05, 0) is 36.1 Å². The number of unbranched alkanes of at least 4 members (excludes halogenated alkanes) is 1. The molecule has 25 heavy (non-hydrogen) atoms. The molecule has 0 saturated heterocycles. The van der Waals surface area contributed by atoms with Gasteiger partial charge in [0, 0.05) is 6.61 Å². The van der Waals surface area contributed by atoms with Crippen LogP contribution in [0.2, 0.25) is 0 Å². The van der Waals surface area contributed by atoms with Crippen LogP contribution in [0, 0.1) is 0 Å². The van der Waals surface area contributed by atoms with Gasteiger partial charge in [-0.1, -0.05) is 26.7 Å². The van der Waals surface area contributed by atoms with E-state index in [9.17, 15) is 0 Å². The molecule has 0 saturated carbocycles. The zero-order valence-corrected chi connectivity index (χ0v) is 21.2. The molecule has 5 nitrogen and oxygen atoms in total. The zero-order valence-electron chi connectivity index (χ0n) is 15.7. The Kier molecular flexibility index (Phi) is 12.4. The Labute approximate surface area is 170 Å². The van der Waals surface area contributed by atoms with E-state index in [4.69, 9.17) is 23.7 Å². The Hall–Kier alpha value is -0.417. The van der Waals surface area contributed by atoms with Gasteiger partial charge in [-0.25, -0.2) is 0 Å². The van der Waals surface area contributed by atoms with Crippen molar-refractivity contribution >= 4 is 26.2 Å². The van der Waals surface area contributed by atoms with E-state index in [2.05, 4.69) is 19.9 Å². The van der Waals surface area contributed by atoms with Gasteiger partial charge in [0.25, 0.3) is 0 Å². The van der Waals surface area contributed by atoms with Crippen LogP contribution in [0.4, 0.5) is 0 Å². The predicted molar refractivity (Wildman–Crippen MR) is 103 cm³/mol. The van der Waals surface area contributed by atoms with Crippen LogP contribution in [-0.4, -0.2) is 66.0 Å². The first kappa shape index (κ1) is 22.6. The predicted octanol–water partition coefficient (Wildman–Crippen LogP) is 2.53. The van der Waals surface area contributed by atoms with E-state index in [1.807, 2.05) is 6.07 Å². The van der Waals surface area contributed by atoms with Crippen molar-refractivity contribution < 1.29 is 23.7 Å². The van der Waals surface area contributed by atoms with Gasteiger partial charge >= 0.3 is 26.2 Å². The Morgan fingerprint density at radius 3 is 2.04 bits per heavy atom. The molecule has 1 heterocycles. The summed E-state index contributed by atoms with van der Waals surface area (Å²) in [6.07, 6.45) is 4.38. The topological polar surface area (TPSA) is 46.2 Å². The average molecular weight is 550 g/mol. The van der Waals surface area contributed by atoms with Crippen molar-refractivity contribution in [1.82, 2.24) is 0 Å². The summed E-state index contributed by atoms with van der Waals surface area (Å²) in [5, 5.41) is 0. The van der Waals surface area contributed by atoms with Crippen LogP contribution < -0.4 is 9.47 Å². The van der Waals surface area contributed by atoms with E-state index in [0.717, 1.165) is 43.8 Å². The number of hydrogen-bond acceptors (Lipinski definition) is 5. The molecular formula is C19H33BiO5. The summed E-state index contributed by atoms with van der Waals surface area (Å²) in [5.74, 6) is 1.66. The van der Waals surface area contributed by atoms with Crippen LogP contribution in [0.5, 0.6) is 11.5 Å². The van der Waals surface area contributed by atoms with Crippen molar-refractivity contribution in [3.8, 4) is 11.5 Å². The molecule has 0 aromatic heterocycles. The van der Waals surface area contributed by atoms with Gasteiger partial charge in [0.05, 0.1) is 33.0 Å². The maximum atomic E-state index is 5.75. The molecule has 6 heteroatoms. The normalized spacial score (nSPS) is 12.2. The molecule has 0 unspecified atom stereocenters. The van der Waals surface area contributed by atoms with Gasteiger partial charge < -0.3 is 23.7 Å². The molecule has 0 spiro atoms. The summed E-state index contributed by atoms with van der Waals surface area (Å²) in [5.41, 5.74) is 2.44. The second-order valence-corrected chi connectivity index (χ2v) is 5.86. The van der Waals surface area contributed by atoms with Crippen molar-refractivity contribution in [2.24, 2.45) is 0 Å². The second-order valence-electron chi connectivity index (χ2n) is 5.86. The van der Waals surface area contributed by atoms with Gasteiger partial charge in [0.2, 0.25) is 6.79 Å². The van der Waals surface area contributed by atoms with Crippen molar-refractivity contribution in [2.45, 2.75) is 46.1 Å². The quantitative estimate of drug-likeness (QED) is 0.279. The van der Waals surface area contributed by atoms with E-state index in [1.165, 1.54) is 11.1 Å². The third-order valence-electron chi connectivity index (χ3n) is 3.86. The molecule has 0 amide bonds. The summed E-state index contributed by atoms with van der Waals surface area (Å²) in [6, 6.07) is 4.12. The van der Waals surface area contributed by atoms with E-state index in [0.29, 0.717) is 39.8 Å². The van der Waals surface area contributed by atoms with Crippen LogP contribution in [0.1, 0.15) is 44.2 Å². The van der Waals surface area contributed by atoms with E-state index in [-0.39, 0.29) is 26.2 Å². The molecule has 144 valence electrons. The summed E-state index contributed by atoms with van der Waals surface area (Å²) < 4.78 is 27.6. The first-order valence-corrected chi connectivity index (χ1v) is 8.99.